The molecule has 0 fully saturated rings. The molecule has 3 aromatic rings. The third-order valence-electron chi connectivity index (χ3n) is 2.54. The summed E-state index contributed by atoms with van der Waals surface area (Å²) in [4.78, 5) is 19.5. The third-order valence-corrected chi connectivity index (χ3v) is 2.54. The van der Waals surface area contributed by atoms with Crippen molar-refractivity contribution in [2.24, 2.45) is 0 Å². The van der Waals surface area contributed by atoms with Gasteiger partial charge in [0.25, 0.3) is 0 Å². The van der Waals surface area contributed by atoms with Crippen molar-refractivity contribution >= 4 is 16.8 Å². The Kier molecular flexibility index (Phi) is 2.37. The topological polar surface area (TPSA) is 56.0 Å². The molecule has 4 nitrogen and oxygen atoms in total. The Morgan fingerprint density at radius 3 is 2.72 bits per heavy atom. The lowest BCUT2D eigenvalue weighted by atomic mass is 10.1. The van der Waals surface area contributed by atoms with Gasteiger partial charge in [0.2, 0.25) is 5.78 Å². The molecular weight excluding hydrogens is 235 g/mol. The molecule has 0 radical (unpaired) electrons. The molecule has 1 aromatic carbocycles. The number of hydrogen-bond acceptors (Lipinski definition) is 4. The molecule has 0 spiro atoms. The predicted octanol–water partition coefficient (Wildman–Crippen LogP) is 2.59. The van der Waals surface area contributed by atoms with Crippen LogP contribution >= 0.6 is 0 Å². The zero-order chi connectivity index (χ0) is 12.5. The van der Waals surface area contributed by atoms with Gasteiger partial charge < -0.3 is 4.42 Å². The van der Waals surface area contributed by atoms with Crippen LogP contribution in [0.5, 0.6) is 0 Å². The van der Waals surface area contributed by atoms with E-state index in [2.05, 4.69) is 9.97 Å². The maximum absolute atomic E-state index is 13.4. The highest BCUT2D eigenvalue weighted by molar-refractivity contribution is 6.08. The van der Waals surface area contributed by atoms with Crippen molar-refractivity contribution in [1.82, 2.24) is 9.97 Å². The second kappa shape index (κ2) is 4.03. The molecule has 2 aromatic heterocycles. The summed E-state index contributed by atoms with van der Waals surface area (Å²) in [6, 6.07) is 6.03. The first-order valence-corrected chi connectivity index (χ1v) is 5.23. The van der Waals surface area contributed by atoms with Gasteiger partial charge in [-0.1, -0.05) is 12.1 Å². The summed E-state index contributed by atoms with van der Waals surface area (Å²) in [6.45, 7) is 0. The van der Waals surface area contributed by atoms with E-state index < -0.39 is 5.82 Å². The number of halogens is 1. The molecule has 3 rings (SSSR count). The van der Waals surface area contributed by atoms with Gasteiger partial charge in [-0.2, -0.15) is 0 Å². The van der Waals surface area contributed by atoms with Gasteiger partial charge in [0, 0.05) is 17.8 Å². The van der Waals surface area contributed by atoms with Crippen molar-refractivity contribution in [3.05, 3.63) is 60.1 Å². The van der Waals surface area contributed by atoms with E-state index in [0.29, 0.717) is 10.9 Å². The van der Waals surface area contributed by atoms with Crippen LogP contribution in [0.25, 0.3) is 11.0 Å². The lowest BCUT2D eigenvalue weighted by Crippen LogP contribution is -2.00. The van der Waals surface area contributed by atoms with Crippen LogP contribution in [0.4, 0.5) is 4.39 Å². The van der Waals surface area contributed by atoms with Gasteiger partial charge in [-0.15, -0.1) is 0 Å². The van der Waals surface area contributed by atoms with Crippen LogP contribution in [0.1, 0.15) is 16.1 Å². The number of para-hydroxylation sites is 1. The highest BCUT2D eigenvalue weighted by Gasteiger charge is 2.16. The minimum Gasteiger partial charge on any atom is -0.449 e. The summed E-state index contributed by atoms with van der Waals surface area (Å²) >= 11 is 0. The second-order valence-corrected chi connectivity index (χ2v) is 3.73. The van der Waals surface area contributed by atoms with Crippen LogP contribution in [0.3, 0.4) is 0 Å². The van der Waals surface area contributed by atoms with E-state index in [-0.39, 0.29) is 17.1 Å². The average molecular weight is 242 g/mol. The van der Waals surface area contributed by atoms with E-state index in [1.165, 1.54) is 30.9 Å². The fourth-order valence-corrected chi connectivity index (χ4v) is 1.70. The molecule has 2 heterocycles. The normalized spacial score (nSPS) is 10.7. The minimum atomic E-state index is -0.490. The molecule has 0 aliphatic rings. The lowest BCUT2D eigenvalue weighted by molar-refractivity contribution is 0.101. The van der Waals surface area contributed by atoms with Gasteiger partial charge in [-0.25, -0.2) is 14.4 Å². The Morgan fingerprint density at radius 2 is 2.00 bits per heavy atom. The van der Waals surface area contributed by atoms with Crippen LogP contribution < -0.4 is 0 Å². The van der Waals surface area contributed by atoms with E-state index >= 15 is 0 Å². The van der Waals surface area contributed by atoms with Crippen molar-refractivity contribution in [2.75, 3.05) is 0 Å². The highest BCUT2D eigenvalue weighted by Crippen LogP contribution is 2.23. The quantitative estimate of drug-likeness (QED) is 0.648. The summed E-state index contributed by atoms with van der Waals surface area (Å²) in [5, 5.41) is 0.551. The number of carbonyl (C=O) groups excluding carboxylic acids is 1. The van der Waals surface area contributed by atoms with Crippen LogP contribution in [0.2, 0.25) is 0 Å². The van der Waals surface area contributed by atoms with E-state index in [9.17, 15) is 9.18 Å². The maximum Gasteiger partial charge on any atom is 0.231 e. The van der Waals surface area contributed by atoms with Crippen molar-refractivity contribution in [3.8, 4) is 0 Å². The summed E-state index contributed by atoms with van der Waals surface area (Å²) in [7, 11) is 0. The van der Waals surface area contributed by atoms with Crippen LogP contribution in [-0.4, -0.2) is 15.8 Å². The zero-order valence-electron chi connectivity index (χ0n) is 9.13. The molecule has 0 aliphatic carbocycles. The Balaban J connectivity index is 2.10. The lowest BCUT2D eigenvalue weighted by Gasteiger charge is -1.94. The molecule has 0 bridgehead atoms. The second-order valence-electron chi connectivity index (χ2n) is 3.73. The molecule has 0 aliphatic heterocycles. The molecule has 88 valence electrons. The molecule has 0 saturated heterocycles. The Labute approximate surface area is 101 Å². The third kappa shape index (κ3) is 1.66. The molecule has 0 N–H and O–H groups in total. The number of nitrogens with zero attached hydrogens (tertiary/aromatic N) is 2. The number of aromatic nitrogens is 2. The standard InChI is InChI=1S/C13H7FN2O2/c14-10-3-1-2-8-4-11(18-13(8)10)12(17)9-5-15-7-16-6-9/h1-7H. The number of carbonyl (C=O) groups is 1. The monoisotopic (exact) mass is 242 g/mol. The van der Waals surface area contributed by atoms with E-state index in [4.69, 9.17) is 4.42 Å². The summed E-state index contributed by atoms with van der Waals surface area (Å²) < 4.78 is 18.7. The van der Waals surface area contributed by atoms with E-state index in [0.717, 1.165) is 0 Å². The van der Waals surface area contributed by atoms with Crippen molar-refractivity contribution < 1.29 is 13.6 Å². The molecule has 0 saturated carbocycles. The Hall–Kier alpha value is -2.56. The molecule has 0 atom stereocenters. The highest BCUT2D eigenvalue weighted by atomic mass is 19.1. The molecule has 5 heteroatoms. The fraction of sp³-hybridized carbons (Fsp3) is 0. The average Bonchev–Trinajstić information content (AvgIpc) is 2.84. The fourth-order valence-electron chi connectivity index (χ4n) is 1.70. The van der Waals surface area contributed by atoms with Gasteiger partial charge >= 0.3 is 0 Å². The van der Waals surface area contributed by atoms with Crippen molar-refractivity contribution in [2.45, 2.75) is 0 Å². The molecule has 0 amide bonds. The number of ketones is 1. The summed E-state index contributed by atoms with van der Waals surface area (Å²) in [6.07, 6.45) is 4.10. The molecular formula is C13H7FN2O2. The smallest absolute Gasteiger partial charge is 0.231 e. The molecule has 0 unspecified atom stereocenters. The van der Waals surface area contributed by atoms with Crippen LogP contribution in [0, 0.1) is 5.82 Å². The number of benzene rings is 1. The van der Waals surface area contributed by atoms with Crippen LogP contribution in [0.15, 0.2) is 47.4 Å². The zero-order valence-corrected chi connectivity index (χ0v) is 9.13. The van der Waals surface area contributed by atoms with Gasteiger partial charge in [0.15, 0.2) is 17.2 Å². The summed E-state index contributed by atoms with van der Waals surface area (Å²) in [5.41, 5.74) is 0.384. The number of hydrogen-bond donors (Lipinski definition) is 0. The summed E-state index contributed by atoms with van der Waals surface area (Å²) in [5.74, 6) is -0.785. The van der Waals surface area contributed by atoms with Crippen molar-refractivity contribution in [3.63, 3.8) is 0 Å². The Morgan fingerprint density at radius 1 is 1.22 bits per heavy atom. The number of fused-ring (bicyclic) bond motifs is 1. The number of furan rings is 1. The molecule has 18 heavy (non-hydrogen) atoms. The number of rotatable bonds is 2. The first-order chi connectivity index (χ1) is 8.75. The first-order valence-electron chi connectivity index (χ1n) is 5.23. The minimum absolute atomic E-state index is 0.0740. The van der Waals surface area contributed by atoms with Crippen molar-refractivity contribution in [1.29, 1.82) is 0 Å². The van der Waals surface area contributed by atoms with Gasteiger partial charge in [-0.05, 0) is 12.1 Å². The van der Waals surface area contributed by atoms with Gasteiger partial charge in [0.1, 0.15) is 6.33 Å². The van der Waals surface area contributed by atoms with E-state index in [1.54, 1.807) is 12.1 Å². The first kappa shape index (κ1) is 10.6. The Bertz CT molecular complexity index is 722. The van der Waals surface area contributed by atoms with Gasteiger partial charge in [0.05, 0.1) is 5.56 Å². The largest absolute Gasteiger partial charge is 0.449 e. The predicted molar refractivity (Wildman–Crippen MR) is 61.6 cm³/mol. The van der Waals surface area contributed by atoms with E-state index in [1.807, 2.05) is 0 Å². The van der Waals surface area contributed by atoms with Gasteiger partial charge in [-0.3, -0.25) is 4.79 Å². The SMILES string of the molecule is O=C(c1cncnc1)c1cc2cccc(F)c2o1. The maximum atomic E-state index is 13.4. The van der Waals surface area contributed by atoms with Crippen LogP contribution in [-0.2, 0) is 0 Å².